The van der Waals surface area contributed by atoms with E-state index in [9.17, 15) is 4.79 Å². The van der Waals surface area contributed by atoms with Gasteiger partial charge in [-0.05, 0) is 30.3 Å². The van der Waals surface area contributed by atoms with Crippen LogP contribution in [-0.4, -0.2) is 38.3 Å². The number of hydrogen-bond donors (Lipinski definition) is 0. The maximum atomic E-state index is 12.4. The molecule has 2 rings (SSSR count). The Hall–Kier alpha value is -0.490. The molecule has 0 aromatic carbocycles. The summed E-state index contributed by atoms with van der Waals surface area (Å²) in [6.45, 7) is 4.93. The number of amides is 1. The van der Waals surface area contributed by atoms with Crippen molar-refractivity contribution in [2.45, 2.75) is 38.6 Å². The predicted molar refractivity (Wildman–Crippen MR) is 71.9 cm³/mol. The van der Waals surface area contributed by atoms with Gasteiger partial charge in [-0.1, -0.05) is 34.3 Å². The molecular weight excluding hydrogens is 302 g/mol. The molecule has 0 bridgehead atoms. The van der Waals surface area contributed by atoms with Gasteiger partial charge >= 0.3 is 0 Å². The van der Waals surface area contributed by atoms with E-state index in [2.05, 4.69) is 25.5 Å². The van der Waals surface area contributed by atoms with Crippen LogP contribution in [0.1, 0.15) is 48.0 Å². The van der Waals surface area contributed by atoms with Gasteiger partial charge in [0.1, 0.15) is 4.88 Å². The van der Waals surface area contributed by atoms with E-state index < -0.39 is 0 Å². The molecule has 0 radical (unpaired) electrons. The highest BCUT2D eigenvalue weighted by molar-refractivity contribution is 9.09. The van der Waals surface area contributed by atoms with Crippen LogP contribution in [0.3, 0.4) is 0 Å². The smallest absolute Gasteiger partial charge is 0.267 e. The second-order valence-electron chi connectivity index (χ2n) is 4.59. The van der Waals surface area contributed by atoms with Crippen LogP contribution in [0, 0.1) is 0 Å². The van der Waals surface area contributed by atoms with Crippen molar-refractivity contribution in [1.29, 1.82) is 0 Å². The van der Waals surface area contributed by atoms with Gasteiger partial charge in [-0.2, -0.15) is 0 Å². The normalized spacial score (nSPS) is 20.2. The molecule has 4 nitrogen and oxygen atoms in total. The fourth-order valence-corrected chi connectivity index (χ4v) is 3.57. The first-order valence-corrected chi connectivity index (χ1v) is 7.73. The van der Waals surface area contributed by atoms with Crippen LogP contribution in [0.15, 0.2) is 0 Å². The number of aromatic nitrogens is 2. The Labute approximate surface area is 114 Å². The second kappa shape index (κ2) is 5.44. The average molecular weight is 318 g/mol. The summed E-state index contributed by atoms with van der Waals surface area (Å²) in [6, 6.07) is 0.324. The standard InChI is InChI=1S/C11H16BrN3OS/c1-7(2)9-10(17-14-13-9)11(16)15-5-3-4-8(15)6-12/h7-8H,3-6H2,1-2H3. The van der Waals surface area contributed by atoms with Gasteiger partial charge in [0.25, 0.3) is 5.91 Å². The molecule has 1 aromatic rings. The summed E-state index contributed by atoms with van der Waals surface area (Å²) in [6.07, 6.45) is 2.17. The second-order valence-corrected chi connectivity index (χ2v) is 5.99. The Balaban J connectivity index is 2.22. The van der Waals surface area contributed by atoms with Gasteiger partial charge in [-0.3, -0.25) is 4.79 Å². The molecule has 1 aliphatic heterocycles. The van der Waals surface area contributed by atoms with Gasteiger partial charge in [0, 0.05) is 17.9 Å². The van der Waals surface area contributed by atoms with Crippen molar-refractivity contribution >= 4 is 33.4 Å². The van der Waals surface area contributed by atoms with E-state index in [1.54, 1.807) is 0 Å². The largest absolute Gasteiger partial charge is 0.334 e. The highest BCUT2D eigenvalue weighted by Gasteiger charge is 2.31. The Kier molecular flexibility index (Phi) is 4.14. The zero-order valence-corrected chi connectivity index (χ0v) is 12.4. The highest BCUT2D eigenvalue weighted by Crippen LogP contribution is 2.26. The lowest BCUT2D eigenvalue weighted by molar-refractivity contribution is 0.0753. The quantitative estimate of drug-likeness (QED) is 0.805. The molecule has 0 spiro atoms. The molecule has 1 amide bonds. The van der Waals surface area contributed by atoms with Gasteiger partial charge in [0.2, 0.25) is 0 Å². The molecule has 1 atom stereocenters. The number of halogens is 1. The number of alkyl halides is 1. The van der Waals surface area contributed by atoms with Gasteiger partial charge in [-0.25, -0.2) is 0 Å². The third-order valence-corrected chi connectivity index (χ3v) is 4.55. The maximum Gasteiger partial charge on any atom is 0.267 e. The first-order valence-electron chi connectivity index (χ1n) is 5.84. The summed E-state index contributed by atoms with van der Waals surface area (Å²) in [5, 5.41) is 4.92. The number of carbonyl (C=O) groups is 1. The lowest BCUT2D eigenvalue weighted by atomic mass is 10.1. The predicted octanol–water partition coefficient (Wildman–Crippen LogP) is 2.66. The minimum Gasteiger partial charge on any atom is -0.334 e. The molecule has 17 heavy (non-hydrogen) atoms. The molecule has 2 heterocycles. The average Bonchev–Trinajstić information content (AvgIpc) is 2.96. The number of rotatable bonds is 3. The third kappa shape index (κ3) is 2.52. The molecule has 1 fully saturated rings. The fourth-order valence-electron chi connectivity index (χ4n) is 2.12. The highest BCUT2D eigenvalue weighted by atomic mass is 79.9. The first kappa shape index (κ1) is 13.0. The summed E-state index contributed by atoms with van der Waals surface area (Å²) in [7, 11) is 0. The van der Waals surface area contributed by atoms with Crippen molar-refractivity contribution in [1.82, 2.24) is 14.5 Å². The molecule has 0 aliphatic carbocycles. The molecule has 1 saturated heterocycles. The summed E-state index contributed by atoms with van der Waals surface area (Å²) in [5.74, 6) is 0.350. The van der Waals surface area contributed by atoms with Crippen molar-refractivity contribution in [2.75, 3.05) is 11.9 Å². The van der Waals surface area contributed by atoms with Crippen LogP contribution in [-0.2, 0) is 0 Å². The monoisotopic (exact) mass is 317 g/mol. The van der Waals surface area contributed by atoms with Crippen LogP contribution in [0.2, 0.25) is 0 Å². The van der Waals surface area contributed by atoms with Crippen molar-refractivity contribution in [3.05, 3.63) is 10.6 Å². The van der Waals surface area contributed by atoms with Crippen molar-refractivity contribution in [3.63, 3.8) is 0 Å². The molecule has 0 saturated carbocycles. The minimum atomic E-state index is 0.102. The van der Waals surface area contributed by atoms with E-state index in [1.807, 2.05) is 18.7 Å². The van der Waals surface area contributed by atoms with Gasteiger partial charge in [-0.15, -0.1) is 5.10 Å². The van der Waals surface area contributed by atoms with Crippen molar-refractivity contribution < 1.29 is 4.79 Å². The number of nitrogens with zero attached hydrogens (tertiary/aromatic N) is 3. The van der Waals surface area contributed by atoms with E-state index in [0.29, 0.717) is 10.9 Å². The Morgan fingerprint density at radius 3 is 3.06 bits per heavy atom. The van der Waals surface area contributed by atoms with Gasteiger partial charge < -0.3 is 4.90 Å². The number of carbonyl (C=O) groups excluding carboxylic acids is 1. The lowest BCUT2D eigenvalue weighted by Gasteiger charge is -2.22. The zero-order valence-electron chi connectivity index (χ0n) is 10.0. The van der Waals surface area contributed by atoms with E-state index in [-0.39, 0.29) is 11.8 Å². The van der Waals surface area contributed by atoms with E-state index in [1.165, 1.54) is 11.5 Å². The molecule has 6 heteroatoms. The van der Waals surface area contributed by atoms with Gasteiger partial charge in [0.15, 0.2) is 0 Å². The van der Waals surface area contributed by atoms with Crippen molar-refractivity contribution in [3.8, 4) is 0 Å². The first-order chi connectivity index (χ1) is 8.15. The van der Waals surface area contributed by atoms with Crippen LogP contribution >= 0.6 is 27.5 Å². The minimum absolute atomic E-state index is 0.102. The number of likely N-dealkylation sites (tertiary alicyclic amines) is 1. The Bertz CT molecular complexity index is 407. The summed E-state index contributed by atoms with van der Waals surface area (Å²) < 4.78 is 3.92. The zero-order chi connectivity index (χ0) is 12.4. The Morgan fingerprint density at radius 2 is 2.41 bits per heavy atom. The summed E-state index contributed by atoms with van der Waals surface area (Å²) >= 11 is 4.69. The molecule has 1 aliphatic rings. The summed E-state index contributed by atoms with van der Waals surface area (Å²) in [4.78, 5) is 15.1. The summed E-state index contributed by atoms with van der Waals surface area (Å²) in [5.41, 5.74) is 0.834. The molecule has 1 unspecified atom stereocenters. The molecule has 1 aromatic heterocycles. The SMILES string of the molecule is CC(C)c1nnsc1C(=O)N1CCCC1CBr. The third-order valence-electron chi connectivity index (χ3n) is 3.07. The topological polar surface area (TPSA) is 46.1 Å². The maximum absolute atomic E-state index is 12.4. The van der Waals surface area contributed by atoms with Crippen LogP contribution in [0.25, 0.3) is 0 Å². The van der Waals surface area contributed by atoms with E-state index in [0.717, 1.165) is 30.4 Å². The molecule has 94 valence electrons. The van der Waals surface area contributed by atoms with E-state index in [4.69, 9.17) is 0 Å². The van der Waals surface area contributed by atoms with Crippen LogP contribution < -0.4 is 0 Å². The van der Waals surface area contributed by atoms with E-state index >= 15 is 0 Å². The lowest BCUT2D eigenvalue weighted by Crippen LogP contribution is -2.36. The van der Waals surface area contributed by atoms with Crippen LogP contribution in [0.5, 0.6) is 0 Å². The fraction of sp³-hybridized carbons (Fsp3) is 0.727. The van der Waals surface area contributed by atoms with Crippen molar-refractivity contribution in [2.24, 2.45) is 0 Å². The Morgan fingerprint density at radius 1 is 1.65 bits per heavy atom. The number of hydrogen-bond acceptors (Lipinski definition) is 4. The molecular formula is C11H16BrN3OS. The van der Waals surface area contributed by atoms with Gasteiger partial charge in [0.05, 0.1) is 5.69 Å². The molecule has 0 N–H and O–H groups in total. The van der Waals surface area contributed by atoms with Crippen LogP contribution in [0.4, 0.5) is 0 Å².